The van der Waals surface area contributed by atoms with Gasteiger partial charge in [-0.2, -0.15) is 5.10 Å². The third-order valence-corrected chi connectivity index (χ3v) is 5.45. The lowest BCUT2D eigenvalue weighted by molar-refractivity contribution is 0.120. The van der Waals surface area contributed by atoms with E-state index in [0.717, 1.165) is 63.9 Å². The second-order valence-corrected chi connectivity index (χ2v) is 7.50. The molecule has 0 unspecified atom stereocenters. The third-order valence-electron chi connectivity index (χ3n) is 4.62. The van der Waals surface area contributed by atoms with Gasteiger partial charge in [-0.1, -0.05) is 0 Å². The van der Waals surface area contributed by atoms with Crippen LogP contribution in [0.5, 0.6) is 0 Å². The Morgan fingerprint density at radius 2 is 1.83 bits per heavy atom. The van der Waals surface area contributed by atoms with Crippen molar-refractivity contribution in [1.29, 1.82) is 0 Å². The number of piperazine rings is 1. The lowest BCUT2D eigenvalue weighted by atomic mass is 10.2. The Morgan fingerprint density at radius 1 is 1.09 bits per heavy atom. The van der Waals surface area contributed by atoms with Gasteiger partial charge < -0.3 is 5.32 Å². The van der Waals surface area contributed by atoms with E-state index < -0.39 is 0 Å². The maximum atomic E-state index is 4.75. The Morgan fingerprint density at radius 3 is 2.48 bits per heavy atom. The molecule has 4 heterocycles. The molecule has 0 aromatic carbocycles. The molecule has 7 heteroatoms. The van der Waals surface area contributed by atoms with E-state index in [-0.39, 0.29) is 0 Å². The summed E-state index contributed by atoms with van der Waals surface area (Å²) in [5.74, 6) is 0. The van der Waals surface area contributed by atoms with E-state index in [1.165, 1.54) is 17.1 Å². The number of nitrogens with zero attached hydrogens (tertiary/aromatic N) is 5. The largest absolute Gasteiger partial charge is 0.309 e. The van der Waals surface area contributed by atoms with Gasteiger partial charge in [-0.3, -0.25) is 14.5 Å². The molecular formula is C16H24N6S. The Labute approximate surface area is 141 Å². The highest BCUT2D eigenvalue weighted by Crippen LogP contribution is 2.14. The molecule has 0 radical (unpaired) electrons. The fourth-order valence-corrected chi connectivity index (χ4v) is 3.98. The first-order valence-corrected chi connectivity index (χ1v) is 9.26. The highest BCUT2D eigenvalue weighted by Gasteiger charge is 2.19. The van der Waals surface area contributed by atoms with Crippen LogP contribution < -0.4 is 5.32 Å². The minimum Gasteiger partial charge on any atom is -0.309 e. The zero-order chi connectivity index (χ0) is 15.6. The van der Waals surface area contributed by atoms with E-state index in [2.05, 4.69) is 43.2 Å². The van der Waals surface area contributed by atoms with Crippen LogP contribution in [0.4, 0.5) is 0 Å². The van der Waals surface area contributed by atoms with Gasteiger partial charge in [-0.25, -0.2) is 4.98 Å². The molecule has 1 N–H and O–H groups in total. The van der Waals surface area contributed by atoms with E-state index in [1.54, 1.807) is 11.3 Å². The molecule has 0 amide bonds. The van der Waals surface area contributed by atoms with Crippen molar-refractivity contribution in [3.05, 3.63) is 33.5 Å². The summed E-state index contributed by atoms with van der Waals surface area (Å²) in [6, 6.07) is 2.26. The summed E-state index contributed by atoms with van der Waals surface area (Å²) in [7, 11) is 0. The van der Waals surface area contributed by atoms with Crippen molar-refractivity contribution >= 4 is 11.3 Å². The average Bonchev–Trinajstić information content (AvgIpc) is 3.14. The number of hydrogen-bond acceptors (Lipinski definition) is 6. The van der Waals surface area contributed by atoms with Gasteiger partial charge in [0.05, 0.1) is 28.6 Å². The van der Waals surface area contributed by atoms with Gasteiger partial charge in [0.15, 0.2) is 0 Å². The molecule has 2 aliphatic rings. The topological polar surface area (TPSA) is 49.2 Å². The van der Waals surface area contributed by atoms with Gasteiger partial charge in [0.1, 0.15) is 0 Å². The molecule has 0 aliphatic carbocycles. The van der Waals surface area contributed by atoms with E-state index in [4.69, 9.17) is 5.10 Å². The molecule has 2 aliphatic heterocycles. The molecule has 1 saturated heterocycles. The van der Waals surface area contributed by atoms with Crippen molar-refractivity contribution in [3.63, 3.8) is 0 Å². The zero-order valence-corrected chi connectivity index (χ0v) is 14.5. The van der Waals surface area contributed by atoms with Crippen LogP contribution in [0.25, 0.3) is 0 Å². The third kappa shape index (κ3) is 3.63. The number of hydrogen-bond donors (Lipinski definition) is 1. The average molecular weight is 332 g/mol. The Bertz CT molecular complexity index is 632. The number of aryl methyl sites for hydroxylation is 1. The lowest BCUT2D eigenvalue weighted by Crippen LogP contribution is -2.45. The van der Waals surface area contributed by atoms with E-state index in [0.29, 0.717) is 0 Å². The number of thiazole rings is 1. The van der Waals surface area contributed by atoms with Crippen LogP contribution in [0, 0.1) is 6.92 Å². The smallest absolute Gasteiger partial charge is 0.0897 e. The quantitative estimate of drug-likeness (QED) is 0.908. The van der Waals surface area contributed by atoms with Gasteiger partial charge >= 0.3 is 0 Å². The molecule has 0 atom stereocenters. The normalized spacial score (nSPS) is 19.9. The monoisotopic (exact) mass is 332 g/mol. The number of rotatable bonds is 4. The van der Waals surface area contributed by atoms with Crippen molar-refractivity contribution in [2.24, 2.45) is 0 Å². The van der Waals surface area contributed by atoms with E-state index in [1.807, 2.05) is 0 Å². The first-order chi connectivity index (χ1) is 11.3. The summed E-state index contributed by atoms with van der Waals surface area (Å²) in [6.45, 7) is 11.5. The van der Waals surface area contributed by atoms with Gasteiger partial charge in [0.2, 0.25) is 0 Å². The maximum absolute atomic E-state index is 4.75. The molecular weight excluding hydrogens is 308 g/mol. The van der Waals surface area contributed by atoms with Gasteiger partial charge in [-0.15, -0.1) is 11.3 Å². The first kappa shape index (κ1) is 15.3. The van der Waals surface area contributed by atoms with Crippen molar-refractivity contribution < 1.29 is 0 Å². The summed E-state index contributed by atoms with van der Waals surface area (Å²) in [5, 5.41) is 11.5. The molecule has 2 aromatic heterocycles. The highest BCUT2D eigenvalue weighted by atomic mass is 32.1. The minimum absolute atomic E-state index is 0.952. The lowest BCUT2D eigenvalue weighted by Gasteiger charge is -2.33. The summed E-state index contributed by atoms with van der Waals surface area (Å²) in [5.41, 5.74) is 3.76. The summed E-state index contributed by atoms with van der Waals surface area (Å²) in [4.78, 5) is 9.60. The Hall–Kier alpha value is -1.28. The summed E-state index contributed by atoms with van der Waals surface area (Å²) < 4.78 is 2.16. The molecule has 124 valence electrons. The molecule has 0 bridgehead atoms. The van der Waals surface area contributed by atoms with Crippen LogP contribution in [-0.4, -0.2) is 57.3 Å². The van der Waals surface area contributed by atoms with Crippen molar-refractivity contribution in [2.75, 3.05) is 32.7 Å². The maximum Gasteiger partial charge on any atom is 0.0897 e. The summed E-state index contributed by atoms with van der Waals surface area (Å²) in [6.07, 6.45) is 0. The molecule has 1 fully saturated rings. The molecule has 2 aromatic rings. The van der Waals surface area contributed by atoms with E-state index >= 15 is 0 Å². The molecule has 4 rings (SSSR count). The van der Waals surface area contributed by atoms with Crippen LogP contribution in [0.1, 0.15) is 22.1 Å². The van der Waals surface area contributed by atoms with Crippen molar-refractivity contribution in [2.45, 2.75) is 33.1 Å². The fourth-order valence-electron chi connectivity index (χ4n) is 3.37. The number of aromatic nitrogens is 3. The van der Waals surface area contributed by atoms with Crippen LogP contribution in [-0.2, 0) is 26.2 Å². The van der Waals surface area contributed by atoms with Crippen LogP contribution in [0.15, 0.2) is 11.4 Å². The number of fused-ring (bicyclic) bond motifs is 1. The minimum atomic E-state index is 0.952. The van der Waals surface area contributed by atoms with E-state index in [9.17, 15) is 0 Å². The van der Waals surface area contributed by atoms with Crippen molar-refractivity contribution in [1.82, 2.24) is 29.9 Å². The van der Waals surface area contributed by atoms with Gasteiger partial charge in [0, 0.05) is 57.7 Å². The molecule has 6 nitrogen and oxygen atoms in total. The van der Waals surface area contributed by atoms with Crippen molar-refractivity contribution in [3.8, 4) is 0 Å². The Kier molecular flexibility index (Phi) is 4.43. The predicted octanol–water partition coefficient (Wildman–Crippen LogP) is 1.07. The van der Waals surface area contributed by atoms with Crippen LogP contribution >= 0.6 is 11.3 Å². The standard InChI is InChI=1S/C16H24N6S/c1-13-18-15(12-23-13)11-21-6-4-20(5-7-21)10-14-8-16-9-17-2-3-22(16)19-14/h8,12,17H,2-7,9-11H2,1H3. The second kappa shape index (κ2) is 6.68. The van der Waals surface area contributed by atoms with Crippen LogP contribution in [0.3, 0.4) is 0 Å². The predicted molar refractivity (Wildman–Crippen MR) is 91.3 cm³/mol. The number of nitrogens with one attached hydrogen (secondary N) is 1. The molecule has 23 heavy (non-hydrogen) atoms. The highest BCUT2D eigenvalue weighted by molar-refractivity contribution is 7.09. The Balaban J connectivity index is 1.28. The first-order valence-electron chi connectivity index (χ1n) is 8.38. The van der Waals surface area contributed by atoms with Gasteiger partial charge in [0.25, 0.3) is 0 Å². The van der Waals surface area contributed by atoms with Gasteiger partial charge in [-0.05, 0) is 13.0 Å². The molecule has 0 saturated carbocycles. The second-order valence-electron chi connectivity index (χ2n) is 6.44. The summed E-state index contributed by atoms with van der Waals surface area (Å²) >= 11 is 1.74. The zero-order valence-electron chi connectivity index (χ0n) is 13.7. The SMILES string of the molecule is Cc1nc(CN2CCN(Cc3cc4n(n3)CCNC4)CC2)cs1. The van der Waals surface area contributed by atoms with Crippen LogP contribution in [0.2, 0.25) is 0 Å². The molecule has 0 spiro atoms. The fraction of sp³-hybridized carbons (Fsp3) is 0.625.